The predicted octanol–water partition coefficient (Wildman–Crippen LogP) is -19.3. The minimum absolute atomic E-state index is 0.0167. The van der Waals surface area contributed by atoms with E-state index < -0.39 is 354 Å². The molecule has 0 aromatic heterocycles. The predicted molar refractivity (Wildman–Crippen MR) is 484 cm³/mol. The molecule has 9 saturated heterocycles. The summed E-state index contributed by atoms with van der Waals surface area (Å²) in [5, 5.41) is 315. The average Bonchev–Trinajstić information content (AvgIpc) is 0.782. The van der Waals surface area contributed by atoms with Gasteiger partial charge in [0.05, 0.1) is 85.3 Å². The molecule has 4 amide bonds. The van der Waals surface area contributed by atoms with Crippen molar-refractivity contribution in [3.63, 3.8) is 0 Å². The maximum atomic E-state index is 12.4. The monoisotopic (exact) mass is 2180 g/mol. The van der Waals surface area contributed by atoms with Gasteiger partial charge in [0.25, 0.3) is 0 Å². The number of nitrogens with two attached hydrogens (primary N) is 1. The van der Waals surface area contributed by atoms with E-state index in [0.717, 1.165) is 12.8 Å². The number of ketones is 3. The Labute approximate surface area is 854 Å². The molecular formula is C88H156N6O55. The third-order valence-electron chi connectivity index (χ3n) is 25.7. The highest BCUT2D eigenvalue weighted by molar-refractivity contribution is 5.83. The topological polar surface area (TPSA) is 979 Å². The second-order valence-electron chi connectivity index (χ2n) is 37.0. The Bertz CT molecular complexity index is 3690. The highest BCUT2D eigenvalue weighted by Gasteiger charge is 2.58. The molecule has 868 valence electrons. The molecule has 0 spiro atoms. The molecule has 0 aliphatic carbocycles. The van der Waals surface area contributed by atoms with E-state index in [2.05, 4.69) is 26.8 Å². The van der Waals surface area contributed by atoms with Crippen molar-refractivity contribution in [3.05, 3.63) is 0 Å². The van der Waals surface area contributed by atoms with Gasteiger partial charge in [-0.05, 0) is 65.3 Å². The Morgan fingerprint density at radius 1 is 0.275 bits per heavy atom. The van der Waals surface area contributed by atoms with E-state index in [9.17, 15) is 187 Å². The van der Waals surface area contributed by atoms with Crippen LogP contribution in [-0.4, -0.2) is 582 Å². The molecular weight excluding hydrogens is 2020 g/mol. The summed E-state index contributed by atoms with van der Waals surface area (Å²) in [6.07, 6.45) is -69.9. The summed E-state index contributed by atoms with van der Waals surface area (Å²) in [6, 6.07) is -0.562. The van der Waals surface area contributed by atoms with E-state index in [4.69, 9.17) is 91.0 Å². The summed E-state index contributed by atoms with van der Waals surface area (Å²) >= 11 is 0. The molecule has 149 heavy (non-hydrogen) atoms. The summed E-state index contributed by atoms with van der Waals surface area (Å²) in [5.74, 6) is -1.55. The van der Waals surface area contributed by atoms with Gasteiger partial charge in [-0.2, -0.15) is 0 Å². The van der Waals surface area contributed by atoms with Gasteiger partial charge in [-0.1, -0.05) is 13.3 Å². The minimum atomic E-state index is -1.91. The molecule has 37 N–H and O–H groups in total. The quantitative estimate of drug-likeness (QED) is 0.0199. The van der Waals surface area contributed by atoms with Crippen LogP contribution in [-0.2, 0) is 119 Å². The van der Waals surface area contributed by atoms with E-state index in [1.165, 1.54) is 6.92 Å². The molecule has 0 aromatic rings. The molecule has 61 nitrogen and oxygen atoms in total. The number of carbonyl (C=O) groups is 7. The number of rotatable bonds is 56. The smallest absolute Gasteiger partial charge is 0.234 e. The van der Waals surface area contributed by atoms with Crippen LogP contribution in [0.1, 0.15) is 124 Å². The summed E-state index contributed by atoms with van der Waals surface area (Å²) in [5.41, 5.74) is 10.6. The fraction of sp³-hybridized carbons (Fsp3) is 0.920. The number of nitrogens with one attached hydrogen (secondary N) is 5. The summed E-state index contributed by atoms with van der Waals surface area (Å²) < 4.78 is 99.3. The van der Waals surface area contributed by atoms with E-state index in [0.29, 0.717) is 51.6 Å². The van der Waals surface area contributed by atoms with Gasteiger partial charge in [-0.25, -0.2) is 5.43 Å². The largest absolute Gasteiger partial charge is 0.394 e. The zero-order chi connectivity index (χ0) is 110. The number of ether oxygens (including phenoxy) is 18. The SMILES string of the molecule is CC(=O)[C@H](CCCCN)NNC(=O)CCCC(=O)NCCO[C@H]1O[C@H](CO[C@H]2O[C@H](CO)[C@@H](O)[C@H](O)[C@@H]2O)[C@@H](O)[C@H](O[C@H]2O[C@H](CO)[C@@H](O)[C@H](O)[C@@H]2O)[C@@H]1O.CCCC(=O)CCCC(=O)CCCO[C@H]1O[C@H](CO[C@H]2O[C@H](CO)[C@@H](O)[C@H](O)[C@@H]2O)[C@@H](O)[C@H](O[C@H]2O[C@H](CO)[C@@H](O)[C@H](O)[C@@H]2O)[C@@H]1O.CCNC(=O)CCCC(=O)NCCO[C@H]1O[C@H](CO[C@H]2O[C@H](CO)[C@@H](O)[C@H](O)[C@@H]2O)[C@@H](O)[C@H](O[C@H]2O[C@H](CO)[C@@H](O)[C@H](O)[C@@H]2O)[C@@H]1O. The highest BCUT2D eigenvalue weighted by Crippen LogP contribution is 2.37. The molecule has 9 rings (SSSR count). The van der Waals surface area contributed by atoms with Crippen LogP contribution in [0, 0.1) is 0 Å². The number of aliphatic hydroxyl groups is 30. The lowest BCUT2D eigenvalue weighted by Gasteiger charge is -2.46. The lowest BCUT2D eigenvalue weighted by atomic mass is 9.96. The third-order valence-corrected chi connectivity index (χ3v) is 25.7. The van der Waals surface area contributed by atoms with E-state index >= 15 is 0 Å². The maximum Gasteiger partial charge on any atom is 0.234 e. The van der Waals surface area contributed by atoms with Gasteiger partial charge in [-0.15, -0.1) is 0 Å². The molecule has 0 saturated carbocycles. The molecule has 0 aromatic carbocycles. The van der Waals surface area contributed by atoms with Crippen molar-refractivity contribution in [2.24, 2.45) is 5.73 Å². The number of hydrogen-bond acceptors (Lipinski definition) is 57. The molecule has 0 bridgehead atoms. The van der Waals surface area contributed by atoms with Gasteiger partial charge in [-0.3, -0.25) is 39.0 Å². The van der Waals surface area contributed by atoms with Gasteiger partial charge < -0.3 is 260 Å². The van der Waals surface area contributed by atoms with Gasteiger partial charge in [0, 0.05) is 71.0 Å². The van der Waals surface area contributed by atoms with Crippen molar-refractivity contribution in [1.82, 2.24) is 26.8 Å². The number of hydrazine groups is 1. The third kappa shape index (κ3) is 38.1. The van der Waals surface area contributed by atoms with Gasteiger partial charge >= 0.3 is 0 Å². The van der Waals surface area contributed by atoms with Gasteiger partial charge in [0.15, 0.2) is 56.6 Å². The van der Waals surface area contributed by atoms with Crippen LogP contribution in [0.3, 0.4) is 0 Å². The Morgan fingerprint density at radius 2 is 0.537 bits per heavy atom. The Balaban J connectivity index is 0.000000304. The molecule has 0 unspecified atom stereocenters. The zero-order valence-corrected chi connectivity index (χ0v) is 82.4. The molecule has 46 atom stereocenters. The van der Waals surface area contributed by atoms with Crippen LogP contribution in [0.4, 0.5) is 0 Å². The Hall–Kier alpha value is -5.11. The first kappa shape index (κ1) is 131. The Kier molecular flexibility index (Phi) is 57.9. The molecule has 9 aliphatic rings. The van der Waals surface area contributed by atoms with Crippen molar-refractivity contribution >= 4 is 41.0 Å². The first-order chi connectivity index (χ1) is 70.8. The number of aliphatic hydroxyl groups excluding tert-OH is 30. The van der Waals surface area contributed by atoms with Crippen LogP contribution in [0.5, 0.6) is 0 Å². The lowest BCUT2D eigenvalue weighted by Crippen LogP contribution is -2.65. The Morgan fingerprint density at radius 3 is 0.832 bits per heavy atom. The number of Topliss-reactive ketones (excluding diaryl/α,β-unsaturated/α-hetero) is 3. The molecule has 61 heteroatoms. The summed E-state index contributed by atoms with van der Waals surface area (Å²) in [7, 11) is 0. The molecule has 0 radical (unpaired) electrons. The van der Waals surface area contributed by atoms with Crippen molar-refractivity contribution in [2.75, 3.05) is 105 Å². The zero-order valence-electron chi connectivity index (χ0n) is 82.4. The summed E-state index contributed by atoms with van der Waals surface area (Å²) in [4.78, 5) is 84.0. The first-order valence-corrected chi connectivity index (χ1v) is 49.4. The van der Waals surface area contributed by atoms with E-state index in [-0.39, 0.29) is 113 Å². The highest BCUT2D eigenvalue weighted by atomic mass is 16.8. The van der Waals surface area contributed by atoms with Crippen molar-refractivity contribution in [1.29, 1.82) is 0 Å². The van der Waals surface area contributed by atoms with Gasteiger partial charge in [0.2, 0.25) is 23.6 Å². The number of amides is 4. The van der Waals surface area contributed by atoms with Crippen LogP contribution in [0.2, 0.25) is 0 Å². The second-order valence-corrected chi connectivity index (χ2v) is 37.0. The summed E-state index contributed by atoms with van der Waals surface area (Å²) in [6.45, 7) is -1.13. The van der Waals surface area contributed by atoms with Crippen LogP contribution < -0.4 is 32.5 Å². The number of unbranched alkanes of at least 4 members (excludes halogenated alkanes) is 1. The minimum Gasteiger partial charge on any atom is -0.394 e. The molecule has 9 fully saturated rings. The van der Waals surface area contributed by atoms with Crippen molar-refractivity contribution in [2.45, 2.75) is 406 Å². The number of carbonyl (C=O) groups excluding carboxylic acids is 7. The fourth-order valence-electron chi connectivity index (χ4n) is 16.8. The van der Waals surface area contributed by atoms with Crippen molar-refractivity contribution < 1.29 is 272 Å². The fourth-order valence-corrected chi connectivity index (χ4v) is 16.8. The number of hydrogen-bond donors (Lipinski definition) is 36. The standard InChI is InChI=1S/C32H58N4O19.C29H50O18.C27H48N2O18/c1-14(39)15(5-2-3-8-33)35-36-20(41)7-4-6-19(40)34-9-10-50-31-28(49)29(55-32-27(48)25(46)22(43)17(12-38)53-32)23(44)18(54-31)13-51-30-26(47)24(45)21(42)16(11-37)52-30;1-2-5-13(32)6-3-7-14(33)8-4-9-42-28-25(41)26(47-29-24(40)22(38)19(35)16(11-31)45-29)20(36)17(46-28)12-43-27-23(39)21(37)18(34)15(10-30)44-27;1-2-28-14(32)4-3-5-15(33)29-6-7-42-26-23(41)24(47-27-22(40)20(38)17(35)12(9-31)45-27)18(36)13(46-26)10-43-25-21(39)19(37)16(34)11(8-30)44-25/h15-18,21-32,35,37-38,42-49H,2-13,33H2,1H3,(H,34,40)(H,36,41);15-31,34-41H,2-12H2,1H3;11-13,16-27,30-31,34-41H,2-10H2,1H3,(H,28,32)(H,29,33)/t15-,16+,17+,18+,21+,22+,23+,24-,25-,26-,27-,28-,29-,30-,31-,32+;15-,16-,17-,18-,19-,20-,21+,22+,23+,24+,25+,26+,27+,28+,29-;11-,12-,13-,16-,17-,18-,19+,20+,21+,22+,23+,24+,25+,26+,27-/m011/s1. The van der Waals surface area contributed by atoms with Crippen molar-refractivity contribution in [3.8, 4) is 0 Å². The molecule has 9 heterocycles. The average molecular weight is 2180 g/mol. The van der Waals surface area contributed by atoms with Crippen LogP contribution in [0.25, 0.3) is 0 Å². The first-order valence-electron chi connectivity index (χ1n) is 49.4. The van der Waals surface area contributed by atoms with E-state index in [1.54, 1.807) is 6.92 Å². The van der Waals surface area contributed by atoms with Crippen LogP contribution in [0.15, 0.2) is 0 Å². The lowest BCUT2D eigenvalue weighted by molar-refractivity contribution is -0.366. The molecule has 9 aliphatic heterocycles. The van der Waals surface area contributed by atoms with E-state index in [1.807, 2.05) is 6.92 Å². The second kappa shape index (κ2) is 65.9. The van der Waals surface area contributed by atoms with Crippen LogP contribution >= 0.6 is 0 Å². The van der Waals surface area contributed by atoms with Gasteiger partial charge in [0.1, 0.15) is 237 Å². The maximum absolute atomic E-state index is 12.4. The normalized spacial score (nSPS) is 39.7.